The highest BCUT2D eigenvalue weighted by atomic mass is 16.6. The monoisotopic (exact) mass is 429 g/mol. The van der Waals surface area contributed by atoms with Crippen molar-refractivity contribution in [3.8, 4) is 29.1 Å². The largest absolute Gasteiger partial charge is 0.496 e. The van der Waals surface area contributed by atoms with Crippen LogP contribution >= 0.6 is 0 Å². The van der Waals surface area contributed by atoms with Crippen molar-refractivity contribution in [2.24, 2.45) is 0 Å². The molecule has 0 fully saturated rings. The standard InChI is InChI=1S/C26H23NO5/c1-3-30-21-12-14-22(15-13-21)31-18-26(28)32-23-10-8-19(9-11-23)16-20(17-27)24-6-4-5-7-25(24)29-2/h4-16H,3,18H2,1-2H3/b20-16-. The number of allylic oxidation sites excluding steroid dienone is 1. The minimum atomic E-state index is -0.520. The summed E-state index contributed by atoms with van der Waals surface area (Å²) < 4.78 is 21.5. The van der Waals surface area contributed by atoms with Gasteiger partial charge in [0.15, 0.2) is 6.61 Å². The molecule has 0 radical (unpaired) electrons. The topological polar surface area (TPSA) is 77.8 Å². The fourth-order valence-corrected chi connectivity index (χ4v) is 2.94. The van der Waals surface area contributed by atoms with E-state index in [9.17, 15) is 10.1 Å². The number of para-hydroxylation sites is 1. The molecule has 6 heteroatoms. The van der Waals surface area contributed by atoms with Gasteiger partial charge in [0.25, 0.3) is 0 Å². The van der Waals surface area contributed by atoms with E-state index in [0.717, 1.165) is 11.3 Å². The molecule has 0 saturated heterocycles. The first kappa shape index (κ1) is 22.4. The fourth-order valence-electron chi connectivity index (χ4n) is 2.94. The molecule has 162 valence electrons. The average Bonchev–Trinajstić information content (AvgIpc) is 2.83. The SMILES string of the molecule is CCOc1ccc(OCC(=O)Oc2ccc(/C=C(/C#N)c3ccccc3OC)cc2)cc1. The minimum Gasteiger partial charge on any atom is -0.496 e. The van der Waals surface area contributed by atoms with Crippen LogP contribution in [-0.2, 0) is 4.79 Å². The summed E-state index contributed by atoms with van der Waals surface area (Å²) in [6.45, 7) is 2.27. The third-order valence-corrected chi connectivity index (χ3v) is 4.43. The van der Waals surface area contributed by atoms with Crippen LogP contribution in [0.4, 0.5) is 0 Å². The number of nitrogens with zero attached hydrogens (tertiary/aromatic N) is 1. The summed E-state index contributed by atoms with van der Waals surface area (Å²) in [6.07, 6.45) is 1.75. The Kier molecular flexibility index (Phi) is 7.88. The Morgan fingerprint density at radius 1 is 0.906 bits per heavy atom. The molecule has 0 aliphatic carbocycles. The molecule has 0 bridgehead atoms. The van der Waals surface area contributed by atoms with Crippen LogP contribution in [0.15, 0.2) is 72.8 Å². The first-order chi connectivity index (χ1) is 15.6. The number of nitriles is 1. The molecule has 6 nitrogen and oxygen atoms in total. The van der Waals surface area contributed by atoms with Crippen molar-refractivity contribution in [3.05, 3.63) is 83.9 Å². The molecule has 0 spiro atoms. The number of methoxy groups -OCH3 is 1. The quantitative estimate of drug-likeness (QED) is 0.203. The Bertz CT molecular complexity index is 1110. The van der Waals surface area contributed by atoms with Crippen molar-refractivity contribution in [1.29, 1.82) is 5.26 Å². The highest BCUT2D eigenvalue weighted by Gasteiger charge is 2.09. The van der Waals surface area contributed by atoms with Gasteiger partial charge in [0.05, 0.1) is 25.4 Å². The van der Waals surface area contributed by atoms with Gasteiger partial charge in [0.2, 0.25) is 0 Å². The number of carbonyl (C=O) groups is 1. The molecule has 3 rings (SSSR count). The molecule has 0 saturated carbocycles. The van der Waals surface area contributed by atoms with Crippen molar-refractivity contribution in [1.82, 2.24) is 0 Å². The van der Waals surface area contributed by atoms with E-state index < -0.39 is 5.97 Å². The molecule has 0 amide bonds. The first-order valence-electron chi connectivity index (χ1n) is 10.0. The maximum absolute atomic E-state index is 12.1. The Morgan fingerprint density at radius 2 is 1.53 bits per heavy atom. The van der Waals surface area contributed by atoms with E-state index in [4.69, 9.17) is 18.9 Å². The molecule has 0 heterocycles. The van der Waals surface area contributed by atoms with Crippen molar-refractivity contribution in [2.75, 3.05) is 20.3 Å². The number of hydrogen-bond acceptors (Lipinski definition) is 6. The summed E-state index contributed by atoms with van der Waals surface area (Å²) in [7, 11) is 1.57. The van der Waals surface area contributed by atoms with Crippen LogP contribution < -0.4 is 18.9 Å². The molecule has 0 aromatic heterocycles. The van der Waals surface area contributed by atoms with Gasteiger partial charge in [-0.1, -0.05) is 24.3 Å². The highest BCUT2D eigenvalue weighted by molar-refractivity contribution is 5.91. The molecule has 3 aromatic rings. The zero-order valence-electron chi connectivity index (χ0n) is 17.9. The second-order valence-electron chi connectivity index (χ2n) is 6.61. The van der Waals surface area contributed by atoms with Gasteiger partial charge in [0.1, 0.15) is 23.0 Å². The van der Waals surface area contributed by atoms with Crippen LogP contribution in [0.3, 0.4) is 0 Å². The molecule has 0 aliphatic heterocycles. The second kappa shape index (κ2) is 11.2. The number of benzene rings is 3. The van der Waals surface area contributed by atoms with Crippen LogP contribution in [0.1, 0.15) is 18.1 Å². The van der Waals surface area contributed by atoms with E-state index >= 15 is 0 Å². The Labute approximate surface area is 187 Å². The summed E-state index contributed by atoms with van der Waals surface area (Å²) in [6, 6.07) is 23.4. The predicted molar refractivity (Wildman–Crippen MR) is 122 cm³/mol. The van der Waals surface area contributed by atoms with Gasteiger partial charge in [-0.15, -0.1) is 0 Å². The van der Waals surface area contributed by atoms with Gasteiger partial charge in [-0.25, -0.2) is 4.79 Å². The maximum atomic E-state index is 12.1. The van der Waals surface area contributed by atoms with Gasteiger partial charge in [-0.2, -0.15) is 5.26 Å². The summed E-state index contributed by atoms with van der Waals surface area (Å²) in [4.78, 5) is 12.1. The van der Waals surface area contributed by atoms with Crippen LogP contribution in [0.2, 0.25) is 0 Å². The van der Waals surface area contributed by atoms with Crippen molar-refractivity contribution < 1.29 is 23.7 Å². The Morgan fingerprint density at radius 3 is 2.16 bits per heavy atom. The number of carbonyl (C=O) groups excluding carboxylic acids is 1. The molecular formula is C26H23NO5. The lowest BCUT2D eigenvalue weighted by Gasteiger charge is -2.08. The third-order valence-electron chi connectivity index (χ3n) is 4.43. The average molecular weight is 429 g/mol. The summed E-state index contributed by atoms with van der Waals surface area (Å²) in [5.74, 6) is 1.78. The van der Waals surface area contributed by atoms with Gasteiger partial charge in [0, 0.05) is 5.56 Å². The fraction of sp³-hybridized carbons (Fsp3) is 0.154. The predicted octanol–water partition coefficient (Wildman–Crippen LogP) is 5.14. The first-order valence-corrected chi connectivity index (χ1v) is 10.0. The van der Waals surface area contributed by atoms with E-state index in [1.165, 1.54) is 0 Å². The zero-order chi connectivity index (χ0) is 22.8. The lowest BCUT2D eigenvalue weighted by molar-refractivity contribution is -0.136. The van der Waals surface area contributed by atoms with Gasteiger partial charge >= 0.3 is 5.97 Å². The molecule has 0 atom stereocenters. The van der Waals surface area contributed by atoms with Crippen LogP contribution in [0, 0.1) is 11.3 Å². The molecule has 0 N–H and O–H groups in total. The maximum Gasteiger partial charge on any atom is 0.349 e. The lowest BCUT2D eigenvalue weighted by atomic mass is 10.0. The molecule has 0 aliphatic rings. The van der Waals surface area contributed by atoms with Gasteiger partial charge < -0.3 is 18.9 Å². The van der Waals surface area contributed by atoms with E-state index in [2.05, 4.69) is 6.07 Å². The third kappa shape index (κ3) is 6.13. The Hall–Kier alpha value is -4.24. The molecular weight excluding hydrogens is 406 g/mol. The zero-order valence-corrected chi connectivity index (χ0v) is 17.9. The number of hydrogen-bond donors (Lipinski definition) is 0. The number of rotatable bonds is 9. The summed E-state index contributed by atoms with van der Waals surface area (Å²) in [5, 5.41) is 9.57. The minimum absolute atomic E-state index is 0.220. The van der Waals surface area contributed by atoms with Crippen molar-refractivity contribution in [3.63, 3.8) is 0 Å². The summed E-state index contributed by atoms with van der Waals surface area (Å²) in [5.41, 5.74) is 1.97. The molecule has 3 aromatic carbocycles. The van der Waals surface area contributed by atoms with Crippen molar-refractivity contribution in [2.45, 2.75) is 6.92 Å². The van der Waals surface area contributed by atoms with Gasteiger partial charge in [-0.3, -0.25) is 0 Å². The molecule has 0 unspecified atom stereocenters. The number of esters is 1. The molecule has 32 heavy (non-hydrogen) atoms. The van der Waals surface area contributed by atoms with E-state index in [1.54, 1.807) is 67.8 Å². The highest BCUT2D eigenvalue weighted by Crippen LogP contribution is 2.27. The van der Waals surface area contributed by atoms with E-state index in [0.29, 0.717) is 35.0 Å². The normalized spacial score (nSPS) is 10.7. The van der Waals surface area contributed by atoms with E-state index in [-0.39, 0.29) is 6.61 Å². The van der Waals surface area contributed by atoms with Gasteiger partial charge in [-0.05, 0) is 67.1 Å². The summed E-state index contributed by atoms with van der Waals surface area (Å²) >= 11 is 0. The van der Waals surface area contributed by atoms with Crippen LogP contribution in [0.25, 0.3) is 11.6 Å². The van der Waals surface area contributed by atoms with Crippen LogP contribution in [0.5, 0.6) is 23.0 Å². The smallest absolute Gasteiger partial charge is 0.349 e. The van der Waals surface area contributed by atoms with Crippen LogP contribution in [-0.4, -0.2) is 26.3 Å². The Balaban J connectivity index is 1.59. The van der Waals surface area contributed by atoms with E-state index in [1.807, 2.05) is 25.1 Å². The number of ether oxygens (including phenoxy) is 4. The van der Waals surface area contributed by atoms with Crippen molar-refractivity contribution >= 4 is 17.6 Å². The lowest BCUT2D eigenvalue weighted by Crippen LogP contribution is -2.17. The second-order valence-corrected chi connectivity index (χ2v) is 6.61.